The van der Waals surface area contributed by atoms with E-state index in [1.165, 1.54) is 6.20 Å². The molecule has 2 aliphatic heterocycles. The fourth-order valence-electron chi connectivity index (χ4n) is 4.71. The zero-order valence-electron chi connectivity index (χ0n) is 19.3. The molecule has 3 aromatic heterocycles. The lowest BCUT2D eigenvalue weighted by Crippen LogP contribution is -2.37. The van der Waals surface area contributed by atoms with E-state index in [1.807, 2.05) is 60.7 Å². The predicted molar refractivity (Wildman–Crippen MR) is 128 cm³/mol. The molecular formula is C26H22F3N5O2. The van der Waals surface area contributed by atoms with E-state index >= 15 is 0 Å². The molecule has 4 aromatic rings. The molecule has 2 aliphatic rings. The van der Waals surface area contributed by atoms with Crippen LogP contribution >= 0.6 is 0 Å². The number of pyridine rings is 1. The van der Waals surface area contributed by atoms with Crippen molar-refractivity contribution in [1.29, 1.82) is 0 Å². The molecule has 184 valence electrons. The minimum Gasteiger partial charge on any atom is -0.377 e. The van der Waals surface area contributed by atoms with E-state index in [9.17, 15) is 18.0 Å². The van der Waals surface area contributed by atoms with Gasteiger partial charge >= 0.3 is 6.30 Å². The number of nitrogens with one attached hydrogen (secondary N) is 1. The van der Waals surface area contributed by atoms with Gasteiger partial charge in [-0.05, 0) is 17.2 Å². The number of rotatable bonds is 4. The quantitative estimate of drug-likeness (QED) is 0.452. The smallest absolute Gasteiger partial charge is 0.377 e. The van der Waals surface area contributed by atoms with Crippen LogP contribution in [0.2, 0.25) is 0 Å². The van der Waals surface area contributed by atoms with E-state index in [4.69, 9.17) is 4.74 Å². The third-order valence-corrected chi connectivity index (χ3v) is 6.57. The highest BCUT2D eigenvalue weighted by molar-refractivity contribution is 5.90. The van der Waals surface area contributed by atoms with Gasteiger partial charge in [-0.3, -0.25) is 4.79 Å². The summed E-state index contributed by atoms with van der Waals surface area (Å²) in [5, 5.41) is 3.46. The van der Waals surface area contributed by atoms with Crippen molar-refractivity contribution in [2.24, 2.45) is 0 Å². The molecule has 0 amide bonds. The highest BCUT2D eigenvalue weighted by Gasteiger charge is 2.32. The van der Waals surface area contributed by atoms with Crippen molar-refractivity contribution in [2.75, 3.05) is 20.3 Å². The third-order valence-electron chi connectivity index (χ3n) is 6.57. The molecule has 0 spiro atoms. The van der Waals surface area contributed by atoms with Gasteiger partial charge in [0, 0.05) is 65.4 Å². The Labute approximate surface area is 204 Å². The van der Waals surface area contributed by atoms with Crippen LogP contribution in [0.5, 0.6) is 0 Å². The second kappa shape index (κ2) is 8.27. The fourth-order valence-corrected chi connectivity index (χ4v) is 4.71. The predicted octanol–water partition coefficient (Wildman–Crippen LogP) is 4.59. The van der Waals surface area contributed by atoms with Crippen molar-refractivity contribution in [3.05, 3.63) is 94.4 Å². The van der Waals surface area contributed by atoms with Crippen LogP contribution in [-0.4, -0.2) is 44.5 Å². The van der Waals surface area contributed by atoms with Gasteiger partial charge in [-0.25, -0.2) is 0 Å². The lowest BCUT2D eigenvalue weighted by atomic mass is 9.90. The lowest BCUT2D eigenvalue weighted by Gasteiger charge is -2.30. The second-order valence-corrected chi connectivity index (χ2v) is 9.08. The van der Waals surface area contributed by atoms with Crippen LogP contribution in [-0.2, 0) is 17.6 Å². The summed E-state index contributed by atoms with van der Waals surface area (Å²) in [4.78, 5) is 18.4. The molecule has 5 heterocycles. The first-order chi connectivity index (χ1) is 17.3. The molecule has 1 saturated heterocycles. The number of H-pyrrole nitrogens is 1. The van der Waals surface area contributed by atoms with Crippen LogP contribution in [0.15, 0.2) is 72.0 Å². The van der Waals surface area contributed by atoms with Crippen molar-refractivity contribution in [2.45, 2.75) is 18.9 Å². The number of alkyl halides is 3. The molecular weight excluding hydrogens is 471 g/mol. The van der Waals surface area contributed by atoms with Crippen molar-refractivity contribution in [3.8, 4) is 22.4 Å². The molecule has 1 aromatic carbocycles. The SMILES string of the molecule is CN1C=C(c2cc(=O)n(C3COC3)cc2-c2ccccc2)c2cc(-c3cnn(C(F)(F)F)c3)[nH]c2C1. The maximum atomic E-state index is 13.2. The Kier molecular flexibility index (Phi) is 5.15. The molecule has 1 fully saturated rings. The number of halogens is 3. The summed E-state index contributed by atoms with van der Waals surface area (Å²) < 4.78 is 46.2. The van der Waals surface area contributed by atoms with Crippen molar-refractivity contribution in [3.63, 3.8) is 0 Å². The van der Waals surface area contributed by atoms with Crippen LogP contribution in [0.3, 0.4) is 0 Å². The lowest BCUT2D eigenvalue weighted by molar-refractivity contribution is -0.212. The maximum absolute atomic E-state index is 13.2. The largest absolute Gasteiger partial charge is 0.504 e. The average Bonchev–Trinajstić information content (AvgIpc) is 3.46. The molecule has 0 aliphatic carbocycles. The van der Waals surface area contributed by atoms with Gasteiger partial charge in [-0.15, -0.1) is 13.2 Å². The number of benzene rings is 1. The Hall–Kier alpha value is -4.05. The highest BCUT2D eigenvalue weighted by Crippen LogP contribution is 2.39. The van der Waals surface area contributed by atoms with Gasteiger partial charge < -0.3 is 19.2 Å². The molecule has 7 nitrogen and oxygen atoms in total. The third kappa shape index (κ3) is 3.83. The Bertz CT molecular complexity index is 1530. The standard InChI is InChI=1S/C26H22F3N5O2/c1-32-11-22(20-7-23(31-24(20)13-32)17-9-30-34(10-17)26(27,28)29)19-8-25(35)33(18-14-36-15-18)12-21(19)16-5-3-2-4-6-16/h2-12,18,31H,13-15H2,1H3. The Morgan fingerprint density at radius 3 is 2.47 bits per heavy atom. The summed E-state index contributed by atoms with van der Waals surface area (Å²) >= 11 is 0. The van der Waals surface area contributed by atoms with E-state index in [0.29, 0.717) is 31.0 Å². The van der Waals surface area contributed by atoms with E-state index in [0.717, 1.165) is 39.7 Å². The summed E-state index contributed by atoms with van der Waals surface area (Å²) in [5.41, 5.74) is 5.83. The molecule has 36 heavy (non-hydrogen) atoms. The van der Waals surface area contributed by atoms with E-state index in [-0.39, 0.29) is 16.3 Å². The van der Waals surface area contributed by atoms with Crippen molar-refractivity contribution in [1.82, 2.24) is 24.2 Å². The summed E-state index contributed by atoms with van der Waals surface area (Å²) in [6.45, 7) is 1.54. The zero-order valence-corrected chi connectivity index (χ0v) is 19.3. The normalized spacial score (nSPS) is 16.0. The first-order valence-corrected chi connectivity index (χ1v) is 11.4. The van der Waals surface area contributed by atoms with Crippen molar-refractivity contribution < 1.29 is 17.9 Å². The average molecular weight is 493 g/mol. The van der Waals surface area contributed by atoms with E-state index in [1.54, 1.807) is 10.6 Å². The second-order valence-electron chi connectivity index (χ2n) is 9.08. The first kappa shape index (κ1) is 22.4. The van der Waals surface area contributed by atoms with Gasteiger partial charge in [0.25, 0.3) is 5.56 Å². The fraction of sp³-hybridized carbons (Fsp3) is 0.231. The summed E-state index contributed by atoms with van der Waals surface area (Å²) in [6.07, 6.45) is 1.42. The number of fused-ring (bicyclic) bond motifs is 1. The van der Waals surface area contributed by atoms with Gasteiger partial charge in [-0.2, -0.15) is 9.78 Å². The Balaban J connectivity index is 1.49. The molecule has 0 unspecified atom stereocenters. The number of aromatic nitrogens is 4. The molecule has 0 atom stereocenters. The molecule has 10 heteroatoms. The topological polar surface area (TPSA) is 68.1 Å². The number of hydrogen-bond donors (Lipinski definition) is 1. The van der Waals surface area contributed by atoms with Gasteiger partial charge in [-0.1, -0.05) is 30.3 Å². The van der Waals surface area contributed by atoms with Gasteiger partial charge in [0.2, 0.25) is 0 Å². The van der Waals surface area contributed by atoms with Crippen LogP contribution in [0.25, 0.3) is 28.0 Å². The highest BCUT2D eigenvalue weighted by atomic mass is 19.4. The van der Waals surface area contributed by atoms with Crippen molar-refractivity contribution >= 4 is 5.57 Å². The Morgan fingerprint density at radius 1 is 1.03 bits per heavy atom. The molecule has 1 N–H and O–H groups in total. The van der Waals surface area contributed by atoms with E-state index < -0.39 is 6.30 Å². The zero-order chi connectivity index (χ0) is 25.0. The summed E-state index contributed by atoms with van der Waals surface area (Å²) in [6, 6.07) is 13.3. The number of nitrogens with zero attached hydrogens (tertiary/aromatic N) is 4. The number of hydrogen-bond acceptors (Lipinski definition) is 4. The van der Waals surface area contributed by atoms with Crippen LogP contribution < -0.4 is 5.56 Å². The van der Waals surface area contributed by atoms with Gasteiger partial charge in [0.15, 0.2) is 0 Å². The Morgan fingerprint density at radius 2 is 1.81 bits per heavy atom. The first-order valence-electron chi connectivity index (χ1n) is 11.4. The minimum absolute atomic E-state index is 0.00314. The van der Waals surface area contributed by atoms with Crippen LogP contribution in [0.4, 0.5) is 13.2 Å². The molecule has 0 saturated carbocycles. The molecule has 6 rings (SSSR count). The minimum atomic E-state index is -4.59. The monoisotopic (exact) mass is 493 g/mol. The van der Waals surface area contributed by atoms with Gasteiger partial charge in [0.05, 0.1) is 32.0 Å². The van der Waals surface area contributed by atoms with Crippen LogP contribution in [0.1, 0.15) is 22.9 Å². The summed E-state index contributed by atoms with van der Waals surface area (Å²) in [5.74, 6) is 0. The van der Waals surface area contributed by atoms with E-state index in [2.05, 4.69) is 10.1 Å². The summed E-state index contributed by atoms with van der Waals surface area (Å²) in [7, 11) is 1.92. The molecule has 0 radical (unpaired) electrons. The maximum Gasteiger partial charge on any atom is 0.504 e. The molecule has 0 bridgehead atoms. The van der Waals surface area contributed by atoms with Gasteiger partial charge in [0.1, 0.15) is 0 Å². The number of aromatic amines is 1. The number of ether oxygens (including phenoxy) is 1. The van der Waals surface area contributed by atoms with Crippen LogP contribution in [0, 0.1) is 0 Å².